The normalized spacial score (nSPS) is 49.6. The van der Waals surface area contributed by atoms with E-state index in [0.29, 0.717) is 34.0 Å². The van der Waals surface area contributed by atoms with E-state index >= 15 is 0 Å². The topological polar surface area (TPSA) is 613 Å². The summed E-state index contributed by atoms with van der Waals surface area (Å²) >= 11 is 2.74. The molecule has 2 aromatic heterocycles. The van der Waals surface area contributed by atoms with Crippen LogP contribution in [0.25, 0.3) is 0 Å². The molecule has 0 radical (unpaired) electrons. The number of thiophene rings is 2. The van der Waals surface area contributed by atoms with Crippen molar-refractivity contribution in [2.75, 3.05) is 60.3 Å². The maximum absolute atomic E-state index is 13.1. The lowest BCUT2D eigenvalue weighted by atomic mass is 9.95. The molecule has 1 unspecified atom stereocenters. The number of hydrogen-bond donors (Lipinski definition) is 22. The Bertz CT molecular complexity index is 2610. The molecule has 16 bridgehead atoms. The van der Waals surface area contributed by atoms with Gasteiger partial charge < -0.3 is 210 Å². The molecule has 26 heterocycles. The number of carbonyl (C=O) groups excluding carboxylic acids is 1. The van der Waals surface area contributed by atoms with Gasteiger partial charge in [0, 0.05) is 12.8 Å². The Balaban J connectivity index is 0.000000332. The van der Waals surface area contributed by atoms with Crippen molar-refractivity contribution in [3.8, 4) is 0 Å². The molecule has 104 heavy (non-hydrogen) atoms. The van der Waals surface area contributed by atoms with Crippen LogP contribution in [0.5, 0.6) is 0 Å². The first-order valence-corrected chi connectivity index (χ1v) is 35.3. The van der Waals surface area contributed by atoms with Crippen LogP contribution in [0.2, 0.25) is 0 Å². The van der Waals surface area contributed by atoms with Crippen LogP contribution >= 0.6 is 22.7 Å². The van der Waals surface area contributed by atoms with E-state index in [2.05, 4.69) is 14.1 Å². The van der Waals surface area contributed by atoms with Crippen LogP contribution < -0.4 is 17.0 Å². The standard InChI is InChI=1S/C42H70O35.C19H22NO4S2.BrH/c43-1-8-29-15(50)22(57)36(64-8)72-30-9(2-44)66-38(24(59)17(30)52)74-32-11(4-46)68-40(26(61)19(32)54)76-34-13(6-48)70-42(28(63)21(34)56)77-35-14(7-49)69-41(27(62)20(35)55)75-33-12(5-47)67-39(25(60)18(33)53)73-31-10(3-45)65-37(71-29)23(58)16(31)51;1-20(2)12-9-11(10-13(20)17-16(12)24-17)23-18(21)19(22,14-5-3-7-25-14)15-6-4-8-26-15;/h8-63H,1-7H2;3-8,11-13,16-17,22H,9-10H2,1-2H3;1H/q;+1;/p-1/t8-,9-,10-,11-,12-,13-,14-,15-,16-,17-,18-,19-,20-,21-,22-,23-,24-,25-,26-,27-,28-,29-,30-,31-,32-,33-,34-,35-,36-,37-,38-,39-,40-,41-,42-;11?,12-,13+,16-,17+;/m1../s1. The minimum absolute atomic E-state index is 0. The van der Waals surface area contributed by atoms with Gasteiger partial charge in [-0.2, -0.15) is 0 Å². The van der Waals surface area contributed by atoms with E-state index in [0.717, 1.165) is 17.3 Å². The van der Waals surface area contributed by atoms with Gasteiger partial charge in [-0.25, -0.2) is 4.79 Å². The van der Waals surface area contributed by atoms with Gasteiger partial charge in [0.05, 0.1) is 70.1 Å². The van der Waals surface area contributed by atoms with Gasteiger partial charge in [0.15, 0.2) is 44.0 Å². The predicted octanol–water partition coefficient (Wildman–Crippen LogP) is -15.9. The molecule has 0 aliphatic carbocycles. The lowest BCUT2D eigenvalue weighted by Gasteiger charge is -2.50. The SMILES string of the molecule is C[N+]1(C)[C@@H]2CC(OC(=O)C(O)(c3cccs3)c3cccs3)C[C@H]1[C@@H]1O[C@@H]12.OC[C@H]1O[C@@H]2O[C@H]3[C@H](O)[C@@H](O)[C@@H](O[C@H]4[C@H](O)[C@@H](O)[C@@H](O[C@H]5[C@H](O)[C@@H](O)[C@@H](O[C@H]6[C@H](O)[C@@H](O)[C@@H](O[C@H]7[C@H](O)[C@@H](O)[C@@H](O[C@H]8[C@H](O)[C@@H](O)[C@@H](O[C@H]1[C@H](O)[C@H]2O)O[C@@H]8CO)O[C@@H]7CO)O[C@@H]6CO)O[C@@H]5CO)O[C@@H]4CO)O[C@@H]3CO.[Br-]. The maximum Gasteiger partial charge on any atom is 0.349 e. The Hall–Kier alpha value is -2.17. The summed E-state index contributed by atoms with van der Waals surface area (Å²) in [5, 5.41) is 245. The number of fused-ring (bicyclic) bond motifs is 5. The van der Waals surface area contributed by atoms with Gasteiger partial charge in [0.25, 0.3) is 0 Å². The van der Waals surface area contributed by atoms with E-state index in [9.17, 15) is 117 Å². The van der Waals surface area contributed by atoms with Crippen LogP contribution in [0.15, 0.2) is 35.0 Å². The van der Waals surface area contributed by atoms with Gasteiger partial charge in [0.2, 0.25) is 5.60 Å². The number of morpholine rings is 1. The number of rotatable bonds is 11. The van der Waals surface area contributed by atoms with E-state index in [-0.39, 0.29) is 23.1 Å². The summed E-state index contributed by atoms with van der Waals surface area (Å²) < 4.78 is 92.1. The van der Waals surface area contributed by atoms with Crippen molar-refractivity contribution in [3.63, 3.8) is 0 Å². The van der Waals surface area contributed by atoms with Crippen LogP contribution in [-0.2, 0) is 86.2 Å². The molecule has 40 atom stereocenters. The van der Waals surface area contributed by atoms with Gasteiger partial charge in [-0.1, -0.05) is 12.1 Å². The lowest BCUT2D eigenvalue weighted by molar-refractivity contribution is -0.938. The fourth-order valence-electron chi connectivity index (χ4n) is 15.2. The van der Waals surface area contributed by atoms with E-state index in [1.807, 2.05) is 22.9 Å². The quantitative estimate of drug-likeness (QED) is 0.0564. The number of aliphatic hydroxyl groups excluding tert-OH is 21. The number of piperidine rings is 1. The summed E-state index contributed by atoms with van der Waals surface area (Å²) in [5.74, 6) is -0.561. The highest BCUT2D eigenvalue weighted by atomic mass is 79.9. The third-order valence-corrected chi connectivity index (χ3v) is 23.1. The third kappa shape index (κ3) is 15.6. The summed E-state index contributed by atoms with van der Waals surface area (Å²) in [6.07, 6.45) is -68.2. The van der Waals surface area contributed by atoms with Gasteiger partial charge in [-0.3, -0.25) is 0 Å². The van der Waals surface area contributed by atoms with Crippen molar-refractivity contribution in [1.29, 1.82) is 0 Å². The van der Waals surface area contributed by atoms with E-state index in [4.69, 9.17) is 75.8 Å². The number of quaternary nitrogens is 1. The number of esters is 1. The summed E-state index contributed by atoms with van der Waals surface area (Å²) in [6, 6.07) is 8.01. The first-order chi connectivity index (χ1) is 49.1. The van der Waals surface area contributed by atoms with Gasteiger partial charge >= 0.3 is 5.97 Å². The highest BCUT2D eigenvalue weighted by Gasteiger charge is 2.71. The van der Waals surface area contributed by atoms with Crippen molar-refractivity contribution in [3.05, 3.63) is 44.8 Å². The Morgan fingerprint density at radius 3 is 0.760 bits per heavy atom. The molecule has 40 nitrogen and oxygen atoms in total. The van der Waals surface area contributed by atoms with Crippen LogP contribution in [-0.4, -0.2) is 428 Å². The molecule has 0 saturated carbocycles. The summed E-state index contributed by atoms with van der Waals surface area (Å²) in [4.78, 5) is 14.3. The molecule has 24 fully saturated rings. The van der Waals surface area contributed by atoms with E-state index in [1.54, 1.807) is 12.1 Å². The molecule has 24 aliphatic rings. The van der Waals surface area contributed by atoms with E-state index < -0.39 is 273 Å². The highest BCUT2D eigenvalue weighted by Crippen LogP contribution is 2.52. The zero-order valence-corrected chi connectivity index (χ0v) is 58.6. The Kier molecular flexibility index (Phi) is 27.1. The number of aliphatic hydroxyl groups is 22. The van der Waals surface area contributed by atoms with Crippen molar-refractivity contribution >= 4 is 28.6 Å². The molecule has 0 spiro atoms. The summed E-state index contributed by atoms with van der Waals surface area (Å²) in [5.41, 5.74) is -1.72. The summed E-state index contributed by atoms with van der Waals surface area (Å²) in [6.45, 7) is -7.33. The number of likely N-dealkylation sites (N-methyl/N-ethyl adjacent to an activating group) is 1. The Morgan fingerprint density at radius 2 is 0.577 bits per heavy atom. The average Bonchev–Trinajstić information content (AvgIpc) is 1.53. The molecule has 0 amide bonds. The smallest absolute Gasteiger partial charge is 0.349 e. The molecule has 594 valence electrons. The zero-order chi connectivity index (χ0) is 74.2. The monoisotopic (exact) mass is 1610 g/mol. The van der Waals surface area contributed by atoms with Crippen molar-refractivity contribution in [2.24, 2.45) is 0 Å². The first-order valence-electron chi connectivity index (χ1n) is 33.5. The Labute approximate surface area is 609 Å². The number of epoxide rings is 1. The second-order valence-electron chi connectivity index (χ2n) is 27.6. The van der Waals surface area contributed by atoms with Gasteiger partial charge in [-0.15, -0.1) is 22.7 Å². The number of carbonyl (C=O) groups is 1. The fraction of sp³-hybridized carbons (Fsp3) is 0.852. The van der Waals surface area contributed by atoms with Crippen molar-refractivity contribution < 1.29 is 214 Å². The molecule has 26 rings (SSSR count). The second-order valence-corrected chi connectivity index (χ2v) is 29.5. The third-order valence-electron chi connectivity index (χ3n) is 21.1. The molecule has 24 saturated heterocycles. The number of nitrogens with zero attached hydrogens (tertiary/aromatic N) is 1. The van der Waals surface area contributed by atoms with Gasteiger partial charge in [-0.05, 0) is 22.9 Å². The first kappa shape index (κ1) is 82.8. The Morgan fingerprint density at radius 1 is 0.365 bits per heavy atom. The molecule has 2 aromatic rings. The number of hydrogen-bond acceptors (Lipinski definition) is 41. The van der Waals surface area contributed by atoms with Crippen molar-refractivity contribution in [2.45, 2.75) is 264 Å². The molecule has 24 aliphatic heterocycles. The minimum Gasteiger partial charge on any atom is -1.00 e. The zero-order valence-electron chi connectivity index (χ0n) is 55.3. The minimum atomic E-state index is -2.21. The number of ether oxygens (including phenoxy) is 16. The van der Waals surface area contributed by atoms with Crippen LogP contribution in [0, 0.1) is 0 Å². The van der Waals surface area contributed by atoms with Crippen molar-refractivity contribution in [1.82, 2.24) is 0 Å². The van der Waals surface area contributed by atoms with Crippen LogP contribution in [0.1, 0.15) is 22.6 Å². The molecule has 43 heteroatoms. The fourth-order valence-corrected chi connectivity index (χ4v) is 17.0. The number of halogens is 1. The highest BCUT2D eigenvalue weighted by molar-refractivity contribution is 7.12. The largest absolute Gasteiger partial charge is 1.00 e. The maximum atomic E-state index is 13.1. The summed E-state index contributed by atoms with van der Waals surface area (Å²) in [7, 11) is 4.49. The van der Waals surface area contributed by atoms with Crippen LogP contribution in [0.3, 0.4) is 0 Å². The predicted molar refractivity (Wildman–Crippen MR) is 328 cm³/mol. The molecular formula is C61H92BrNO39S2. The molecule has 0 aromatic carbocycles. The average molecular weight is 1610 g/mol. The molecular weight excluding hydrogens is 1510 g/mol. The molecule has 22 N–H and O–H groups in total. The second kappa shape index (κ2) is 34.0. The van der Waals surface area contributed by atoms with Gasteiger partial charge in [0.1, 0.15) is 201 Å². The van der Waals surface area contributed by atoms with E-state index in [1.165, 1.54) is 22.7 Å². The lowest BCUT2D eigenvalue weighted by Crippen LogP contribution is -3.00. The van der Waals surface area contributed by atoms with Crippen LogP contribution in [0.4, 0.5) is 0 Å².